The van der Waals surface area contributed by atoms with Crippen molar-refractivity contribution >= 4 is 12.2 Å². The summed E-state index contributed by atoms with van der Waals surface area (Å²) in [5, 5.41) is 10.6. The van der Waals surface area contributed by atoms with Gasteiger partial charge in [0, 0.05) is 12.5 Å². The number of amides is 1. The molecule has 1 saturated heterocycles. The average molecular weight is 424 g/mol. The van der Waals surface area contributed by atoms with E-state index in [9.17, 15) is 9.90 Å². The van der Waals surface area contributed by atoms with E-state index in [1.165, 1.54) is 5.56 Å². The summed E-state index contributed by atoms with van der Waals surface area (Å²) in [4.78, 5) is 13.8. The second-order valence-electron chi connectivity index (χ2n) is 8.91. The average Bonchev–Trinajstić information content (AvgIpc) is 2.73. The van der Waals surface area contributed by atoms with Crippen LogP contribution < -0.4 is 4.74 Å². The molecule has 1 aliphatic rings. The van der Waals surface area contributed by atoms with Crippen LogP contribution >= 0.6 is 0 Å². The Morgan fingerprint density at radius 1 is 1.13 bits per heavy atom. The zero-order valence-electron chi connectivity index (χ0n) is 18.7. The molecular weight excluding hydrogens is 390 g/mol. The fourth-order valence-electron chi connectivity index (χ4n) is 3.65. The summed E-state index contributed by atoms with van der Waals surface area (Å²) in [6.07, 6.45) is 4.76. The number of piperidine rings is 1. The molecule has 2 unspecified atom stereocenters. The molecule has 2 atom stereocenters. The number of carbonyl (C=O) groups excluding carboxylic acids is 1. The molecule has 0 aromatic heterocycles. The molecule has 1 aliphatic heterocycles. The Balaban J connectivity index is 1.45. The first kappa shape index (κ1) is 22.9. The number of nitrogens with zero attached hydrogens (tertiary/aromatic N) is 1. The van der Waals surface area contributed by atoms with Crippen molar-refractivity contribution in [1.82, 2.24) is 4.90 Å². The van der Waals surface area contributed by atoms with Crippen molar-refractivity contribution in [2.24, 2.45) is 0 Å². The van der Waals surface area contributed by atoms with E-state index in [1.54, 1.807) is 4.90 Å². The van der Waals surface area contributed by atoms with Gasteiger partial charge in [0.15, 0.2) is 0 Å². The van der Waals surface area contributed by atoms with Gasteiger partial charge in [0.1, 0.15) is 11.4 Å². The number of ether oxygens (including phenoxy) is 2. The molecule has 0 spiro atoms. The molecule has 166 valence electrons. The molecule has 2 aromatic rings. The quantitative estimate of drug-likeness (QED) is 0.645. The lowest BCUT2D eigenvalue weighted by Crippen LogP contribution is -2.47. The Labute approximate surface area is 185 Å². The van der Waals surface area contributed by atoms with Crippen LogP contribution in [0.4, 0.5) is 4.79 Å². The molecule has 1 amide bonds. The molecule has 0 radical (unpaired) electrons. The van der Waals surface area contributed by atoms with Crippen molar-refractivity contribution in [3.05, 3.63) is 71.8 Å². The fourth-order valence-corrected chi connectivity index (χ4v) is 3.65. The highest BCUT2D eigenvalue weighted by molar-refractivity contribution is 5.68. The zero-order valence-corrected chi connectivity index (χ0v) is 18.7. The Morgan fingerprint density at radius 2 is 1.84 bits per heavy atom. The molecule has 0 bridgehead atoms. The monoisotopic (exact) mass is 423 g/mol. The van der Waals surface area contributed by atoms with Crippen LogP contribution in [0.5, 0.6) is 5.75 Å². The first-order valence-electron chi connectivity index (χ1n) is 10.9. The van der Waals surface area contributed by atoms with Gasteiger partial charge in [-0.1, -0.05) is 54.6 Å². The highest BCUT2D eigenvalue weighted by Crippen LogP contribution is 2.30. The summed E-state index contributed by atoms with van der Waals surface area (Å²) in [7, 11) is 0. The van der Waals surface area contributed by atoms with Crippen LogP contribution in [0.15, 0.2) is 60.7 Å². The van der Waals surface area contributed by atoms with Crippen molar-refractivity contribution in [1.29, 1.82) is 0 Å². The van der Waals surface area contributed by atoms with Crippen molar-refractivity contribution in [3.8, 4) is 5.75 Å². The van der Waals surface area contributed by atoms with Crippen molar-refractivity contribution in [3.63, 3.8) is 0 Å². The highest BCUT2D eigenvalue weighted by Gasteiger charge is 2.33. The van der Waals surface area contributed by atoms with Gasteiger partial charge in [-0.15, -0.1) is 0 Å². The first-order valence-corrected chi connectivity index (χ1v) is 10.9. The number of β-amino-alcohol motifs (C(OH)–C–C–N with tert-alkyl or cyclic N) is 1. The molecule has 1 heterocycles. The van der Waals surface area contributed by atoms with Crippen molar-refractivity contribution in [2.75, 3.05) is 19.7 Å². The van der Waals surface area contributed by atoms with Crippen LogP contribution in [0, 0.1) is 0 Å². The minimum Gasteiger partial charge on any atom is -0.493 e. The number of benzene rings is 2. The lowest BCUT2D eigenvalue weighted by molar-refractivity contribution is -0.00152. The third kappa shape index (κ3) is 7.14. The predicted molar refractivity (Wildman–Crippen MR) is 123 cm³/mol. The van der Waals surface area contributed by atoms with Crippen molar-refractivity contribution < 1.29 is 19.4 Å². The van der Waals surface area contributed by atoms with Gasteiger partial charge in [-0.3, -0.25) is 0 Å². The normalized spacial score (nSPS) is 19.4. The zero-order chi connectivity index (χ0) is 22.3. The molecule has 5 heteroatoms. The predicted octanol–water partition coefficient (Wildman–Crippen LogP) is 5.25. The van der Waals surface area contributed by atoms with Gasteiger partial charge in [0.25, 0.3) is 0 Å². The number of carbonyl (C=O) groups is 1. The van der Waals surface area contributed by atoms with E-state index in [2.05, 4.69) is 24.3 Å². The minimum atomic E-state index is -0.615. The fraction of sp³-hybridized carbons (Fsp3) is 0.423. The first-order chi connectivity index (χ1) is 14.8. The standard InChI is InChI=1S/C26H33NO4/c1-26(2,3)31-25(29)27-17-16-23(24(28)19-27)21-12-14-22(15-13-21)30-18-8-7-11-20-9-5-4-6-10-20/h4-7,9-15,23-24,28H,8,16-19H2,1-3H3/b11-7+. The Bertz CT molecular complexity index is 855. The SMILES string of the molecule is CC(C)(C)OC(=O)N1CCC(c2ccc(OCC/C=C/c3ccccc3)cc2)C(O)C1. The Morgan fingerprint density at radius 3 is 2.48 bits per heavy atom. The maximum absolute atomic E-state index is 12.2. The van der Waals surface area contributed by atoms with E-state index >= 15 is 0 Å². The third-order valence-corrected chi connectivity index (χ3v) is 5.20. The molecule has 5 nitrogen and oxygen atoms in total. The van der Waals surface area contributed by atoms with Crippen LogP contribution in [-0.2, 0) is 4.74 Å². The maximum atomic E-state index is 12.2. The van der Waals surface area contributed by atoms with Gasteiger partial charge in [-0.25, -0.2) is 4.79 Å². The van der Waals surface area contributed by atoms with Crippen molar-refractivity contribution in [2.45, 2.75) is 51.2 Å². The lowest BCUT2D eigenvalue weighted by atomic mass is 9.87. The molecule has 0 saturated carbocycles. The molecule has 1 N–H and O–H groups in total. The lowest BCUT2D eigenvalue weighted by Gasteiger charge is -2.36. The second kappa shape index (κ2) is 10.5. The van der Waals surface area contributed by atoms with E-state index in [4.69, 9.17) is 9.47 Å². The Hall–Kier alpha value is -2.79. The largest absolute Gasteiger partial charge is 0.493 e. The van der Waals surface area contributed by atoms with E-state index in [-0.39, 0.29) is 18.6 Å². The van der Waals surface area contributed by atoms with Gasteiger partial charge in [0.05, 0.1) is 19.3 Å². The molecule has 1 fully saturated rings. The number of rotatable bonds is 6. The van der Waals surface area contributed by atoms with Crippen LogP contribution in [0.3, 0.4) is 0 Å². The van der Waals surface area contributed by atoms with Gasteiger partial charge in [-0.05, 0) is 56.9 Å². The summed E-state index contributed by atoms with van der Waals surface area (Å²) in [6, 6.07) is 18.1. The van der Waals surface area contributed by atoms with E-state index in [0.29, 0.717) is 19.6 Å². The van der Waals surface area contributed by atoms with E-state index < -0.39 is 11.7 Å². The summed E-state index contributed by atoms with van der Waals surface area (Å²) in [5.74, 6) is 0.819. The molecular formula is C26H33NO4. The summed E-state index contributed by atoms with van der Waals surface area (Å²) in [5.41, 5.74) is 1.71. The highest BCUT2D eigenvalue weighted by atomic mass is 16.6. The van der Waals surface area contributed by atoms with Crippen LogP contribution in [-0.4, -0.2) is 47.5 Å². The Kier molecular flexibility index (Phi) is 7.75. The number of hydrogen-bond acceptors (Lipinski definition) is 4. The van der Waals surface area contributed by atoms with Gasteiger partial charge in [0.2, 0.25) is 0 Å². The smallest absolute Gasteiger partial charge is 0.410 e. The summed E-state index contributed by atoms with van der Waals surface area (Å²) in [6.45, 7) is 7.00. The topological polar surface area (TPSA) is 59.0 Å². The molecule has 2 aromatic carbocycles. The molecule has 0 aliphatic carbocycles. The maximum Gasteiger partial charge on any atom is 0.410 e. The second-order valence-corrected chi connectivity index (χ2v) is 8.91. The van der Waals surface area contributed by atoms with E-state index in [1.807, 2.05) is 63.2 Å². The van der Waals surface area contributed by atoms with Gasteiger partial charge < -0.3 is 19.5 Å². The number of hydrogen-bond donors (Lipinski definition) is 1. The number of aliphatic hydroxyl groups excluding tert-OH is 1. The van der Waals surface area contributed by atoms with Crippen LogP contribution in [0.25, 0.3) is 6.08 Å². The molecule has 31 heavy (non-hydrogen) atoms. The van der Waals surface area contributed by atoms with Crippen LogP contribution in [0.1, 0.15) is 50.7 Å². The third-order valence-electron chi connectivity index (χ3n) is 5.20. The van der Waals surface area contributed by atoms with Gasteiger partial charge in [-0.2, -0.15) is 0 Å². The minimum absolute atomic E-state index is 0.00143. The van der Waals surface area contributed by atoms with Gasteiger partial charge >= 0.3 is 6.09 Å². The molecule has 3 rings (SSSR count). The van der Waals surface area contributed by atoms with E-state index in [0.717, 1.165) is 17.7 Å². The summed E-state index contributed by atoms with van der Waals surface area (Å²) >= 11 is 0. The number of aliphatic hydroxyl groups is 1. The van der Waals surface area contributed by atoms with Crippen LogP contribution in [0.2, 0.25) is 0 Å². The summed E-state index contributed by atoms with van der Waals surface area (Å²) < 4.78 is 11.2. The number of likely N-dealkylation sites (tertiary alicyclic amines) is 1.